The molecule has 2 rings (SSSR count). The van der Waals surface area contributed by atoms with E-state index in [1.165, 1.54) is 16.7 Å². The van der Waals surface area contributed by atoms with Gasteiger partial charge in [-0.2, -0.15) is 0 Å². The van der Waals surface area contributed by atoms with Crippen molar-refractivity contribution in [1.82, 2.24) is 10.4 Å². The summed E-state index contributed by atoms with van der Waals surface area (Å²) < 4.78 is 0. The number of nitrogens with zero attached hydrogens (tertiary/aromatic N) is 1. The molecule has 0 spiro atoms. The van der Waals surface area contributed by atoms with Crippen LogP contribution in [0.5, 0.6) is 0 Å². The van der Waals surface area contributed by atoms with Crippen LogP contribution in [0.3, 0.4) is 0 Å². The standard InChI is InChI=1S/C15H19N3/c1-10-6-11(2)8-14(7-10)15(18-16)13-4-5-17-12(3)9-13/h4-9,15,18H,16H2,1-3H3. The van der Waals surface area contributed by atoms with E-state index in [0.29, 0.717) is 0 Å². The van der Waals surface area contributed by atoms with Crippen LogP contribution in [0.15, 0.2) is 36.5 Å². The molecule has 0 bridgehead atoms. The first-order valence-electron chi connectivity index (χ1n) is 6.07. The molecule has 3 heteroatoms. The molecule has 0 aliphatic rings. The number of pyridine rings is 1. The van der Waals surface area contributed by atoms with Gasteiger partial charge in [0.05, 0.1) is 6.04 Å². The largest absolute Gasteiger partial charge is 0.271 e. The van der Waals surface area contributed by atoms with E-state index >= 15 is 0 Å². The monoisotopic (exact) mass is 241 g/mol. The topological polar surface area (TPSA) is 50.9 Å². The average Bonchev–Trinajstić information content (AvgIpc) is 2.28. The Balaban J connectivity index is 2.45. The van der Waals surface area contributed by atoms with Gasteiger partial charge >= 0.3 is 0 Å². The van der Waals surface area contributed by atoms with E-state index in [4.69, 9.17) is 5.84 Å². The van der Waals surface area contributed by atoms with Gasteiger partial charge in [-0.1, -0.05) is 29.3 Å². The predicted molar refractivity (Wildman–Crippen MR) is 74.1 cm³/mol. The van der Waals surface area contributed by atoms with Gasteiger partial charge < -0.3 is 0 Å². The van der Waals surface area contributed by atoms with Crippen molar-refractivity contribution in [2.24, 2.45) is 5.84 Å². The number of aryl methyl sites for hydroxylation is 3. The third-order valence-corrected chi connectivity index (χ3v) is 3.00. The van der Waals surface area contributed by atoms with Crippen LogP contribution in [-0.2, 0) is 0 Å². The molecular formula is C15H19N3. The lowest BCUT2D eigenvalue weighted by Crippen LogP contribution is -2.29. The highest BCUT2D eigenvalue weighted by Crippen LogP contribution is 2.23. The first-order valence-corrected chi connectivity index (χ1v) is 6.07. The van der Waals surface area contributed by atoms with E-state index in [0.717, 1.165) is 11.3 Å². The first-order chi connectivity index (χ1) is 8.60. The molecule has 0 radical (unpaired) electrons. The highest BCUT2D eigenvalue weighted by molar-refractivity contribution is 5.36. The van der Waals surface area contributed by atoms with Crippen LogP contribution >= 0.6 is 0 Å². The summed E-state index contributed by atoms with van der Waals surface area (Å²) >= 11 is 0. The fourth-order valence-corrected chi connectivity index (χ4v) is 2.31. The molecule has 0 fully saturated rings. The Kier molecular flexibility index (Phi) is 3.75. The summed E-state index contributed by atoms with van der Waals surface area (Å²) in [5.41, 5.74) is 8.69. The maximum Gasteiger partial charge on any atom is 0.0711 e. The van der Waals surface area contributed by atoms with Crippen molar-refractivity contribution in [3.63, 3.8) is 0 Å². The van der Waals surface area contributed by atoms with Gasteiger partial charge in [0.15, 0.2) is 0 Å². The average molecular weight is 241 g/mol. The van der Waals surface area contributed by atoms with Gasteiger partial charge in [0, 0.05) is 11.9 Å². The molecule has 1 aromatic heterocycles. The minimum Gasteiger partial charge on any atom is -0.271 e. The van der Waals surface area contributed by atoms with Gasteiger partial charge in [-0.3, -0.25) is 10.8 Å². The number of nitrogens with one attached hydrogen (secondary N) is 1. The van der Waals surface area contributed by atoms with Crippen molar-refractivity contribution in [3.05, 3.63) is 64.5 Å². The Morgan fingerprint density at radius 2 is 1.67 bits per heavy atom. The zero-order valence-electron chi connectivity index (χ0n) is 11.1. The van der Waals surface area contributed by atoms with Crippen molar-refractivity contribution in [2.75, 3.05) is 0 Å². The van der Waals surface area contributed by atoms with E-state index in [2.05, 4.69) is 48.5 Å². The predicted octanol–water partition coefficient (Wildman–Crippen LogP) is 2.56. The fraction of sp³-hybridized carbons (Fsp3) is 0.267. The highest BCUT2D eigenvalue weighted by atomic mass is 15.2. The van der Waals surface area contributed by atoms with Crippen molar-refractivity contribution in [1.29, 1.82) is 0 Å². The second kappa shape index (κ2) is 5.29. The number of aromatic nitrogens is 1. The van der Waals surface area contributed by atoms with Crippen LogP contribution in [0.2, 0.25) is 0 Å². The van der Waals surface area contributed by atoms with E-state index in [1.807, 2.05) is 19.2 Å². The number of rotatable bonds is 3. The van der Waals surface area contributed by atoms with Gasteiger partial charge in [0.1, 0.15) is 0 Å². The number of nitrogens with two attached hydrogens (primary N) is 1. The molecule has 0 aliphatic heterocycles. The smallest absolute Gasteiger partial charge is 0.0711 e. The molecule has 1 aromatic carbocycles. The van der Waals surface area contributed by atoms with Crippen LogP contribution in [0, 0.1) is 20.8 Å². The Bertz CT molecular complexity index is 529. The minimum atomic E-state index is 0.00491. The third-order valence-electron chi connectivity index (χ3n) is 3.00. The number of hydrogen-bond donors (Lipinski definition) is 2. The van der Waals surface area contributed by atoms with E-state index in [-0.39, 0.29) is 6.04 Å². The van der Waals surface area contributed by atoms with Crippen LogP contribution in [0.4, 0.5) is 0 Å². The van der Waals surface area contributed by atoms with Crippen molar-refractivity contribution in [3.8, 4) is 0 Å². The molecule has 3 nitrogen and oxygen atoms in total. The molecule has 0 saturated heterocycles. The SMILES string of the molecule is Cc1cc(C)cc(C(NN)c2ccnc(C)c2)c1. The Hall–Kier alpha value is -1.71. The van der Waals surface area contributed by atoms with E-state index in [9.17, 15) is 0 Å². The van der Waals surface area contributed by atoms with Gasteiger partial charge in [0.25, 0.3) is 0 Å². The van der Waals surface area contributed by atoms with E-state index in [1.54, 1.807) is 0 Å². The number of hydrazine groups is 1. The molecular weight excluding hydrogens is 222 g/mol. The highest BCUT2D eigenvalue weighted by Gasteiger charge is 2.13. The fourth-order valence-electron chi connectivity index (χ4n) is 2.31. The Morgan fingerprint density at radius 1 is 1.00 bits per heavy atom. The molecule has 2 aromatic rings. The molecule has 1 unspecified atom stereocenters. The van der Waals surface area contributed by atoms with Crippen LogP contribution in [-0.4, -0.2) is 4.98 Å². The van der Waals surface area contributed by atoms with Gasteiger partial charge in [-0.05, 0) is 44.0 Å². The second-order valence-electron chi connectivity index (χ2n) is 4.75. The molecule has 0 amide bonds. The first kappa shape index (κ1) is 12.7. The maximum absolute atomic E-state index is 5.72. The summed E-state index contributed by atoms with van der Waals surface area (Å²) in [7, 11) is 0. The number of hydrogen-bond acceptors (Lipinski definition) is 3. The quantitative estimate of drug-likeness (QED) is 0.641. The van der Waals surface area contributed by atoms with E-state index < -0.39 is 0 Å². The van der Waals surface area contributed by atoms with Gasteiger partial charge in [-0.15, -0.1) is 0 Å². The summed E-state index contributed by atoms with van der Waals surface area (Å²) in [6.45, 7) is 6.18. The molecule has 94 valence electrons. The molecule has 3 N–H and O–H groups in total. The van der Waals surface area contributed by atoms with Gasteiger partial charge in [0.2, 0.25) is 0 Å². The Labute approximate surface area is 108 Å². The van der Waals surface area contributed by atoms with Gasteiger partial charge in [-0.25, -0.2) is 5.43 Å². The zero-order valence-corrected chi connectivity index (χ0v) is 11.1. The summed E-state index contributed by atoms with van der Waals surface area (Å²) in [4.78, 5) is 4.22. The second-order valence-corrected chi connectivity index (χ2v) is 4.75. The zero-order chi connectivity index (χ0) is 13.1. The lowest BCUT2D eigenvalue weighted by molar-refractivity contribution is 0.634. The molecule has 1 atom stereocenters. The molecule has 0 aliphatic carbocycles. The molecule has 1 heterocycles. The van der Waals surface area contributed by atoms with Crippen LogP contribution < -0.4 is 11.3 Å². The number of benzene rings is 1. The maximum atomic E-state index is 5.72. The van der Waals surface area contributed by atoms with Crippen molar-refractivity contribution >= 4 is 0 Å². The summed E-state index contributed by atoms with van der Waals surface area (Å²) in [6, 6.07) is 10.5. The lowest BCUT2D eigenvalue weighted by Gasteiger charge is -2.18. The summed E-state index contributed by atoms with van der Waals surface area (Å²) in [5, 5.41) is 0. The van der Waals surface area contributed by atoms with Crippen molar-refractivity contribution < 1.29 is 0 Å². The molecule has 0 saturated carbocycles. The summed E-state index contributed by atoms with van der Waals surface area (Å²) in [6.07, 6.45) is 1.82. The van der Waals surface area contributed by atoms with Crippen molar-refractivity contribution in [2.45, 2.75) is 26.8 Å². The lowest BCUT2D eigenvalue weighted by atomic mass is 9.96. The summed E-state index contributed by atoms with van der Waals surface area (Å²) in [5.74, 6) is 5.72. The van der Waals surface area contributed by atoms with Crippen LogP contribution in [0.25, 0.3) is 0 Å². The Morgan fingerprint density at radius 3 is 2.22 bits per heavy atom. The normalized spacial score (nSPS) is 12.4. The molecule has 18 heavy (non-hydrogen) atoms. The third kappa shape index (κ3) is 2.75. The van der Waals surface area contributed by atoms with Crippen LogP contribution in [0.1, 0.15) is 34.0 Å². The minimum absolute atomic E-state index is 0.00491.